The van der Waals surface area contributed by atoms with Crippen LogP contribution in [0.15, 0.2) is 18.2 Å². The van der Waals surface area contributed by atoms with Crippen molar-refractivity contribution >= 4 is 16.7 Å². The lowest BCUT2D eigenvalue weighted by molar-refractivity contribution is -0.365. The predicted molar refractivity (Wildman–Crippen MR) is 113 cm³/mol. The Labute approximate surface area is 185 Å². The van der Waals surface area contributed by atoms with Gasteiger partial charge in [-0.15, -0.1) is 0 Å². The van der Waals surface area contributed by atoms with E-state index >= 15 is 0 Å². The van der Waals surface area contributed by atoms with E-state index in [1.165, 1.54) is 21.3 Å². The molecule has 0 aromatic heterocycles. The van der Waals surface area contributed by atoms with Crippen molar-refractivity contribution in [1.29, 1.82) is 0 Å². The van der Waals surface area contributed by atoms with Gasteiger partial charge in [0.15, 0.2) is 0 Å². The summed E-state index contributed by atoms with van der Waals surface area (Å²) in [7, 11) is 4.54. The summed E-state index contributed by atoms with van der Waals surface area (Å²) in [6, 6.07) is 5.44. The molecule has 2 aromatic rings. The molecule has 5 atom stereocenters. The second kappa shape index (κ2) is 8.40. The van der Waals surface area contributed by atoms with Crippen molar-refractivity contribution < 1.29 is 43.8 Å². The molecule has 4 rings (SSSR count). The molecule has 0 unspecified atom stereocenters. The molecule has 0 aliphatic carbocycles. The lowest BCUT2D eigenvalue weighted by Crippen LogP contribution is -2.60. The topological polar surface area (TPSA) is 124 Å². The highest BCUT2D eigenvalue weighted by Gasteiger charge is 2.57. The molecule has 0 saturated carbocycles. The first kappa shape index (κ1) is 22.6. The van der Waals surface area contributed by atoms with Crippen LogP contribution in [0.25, 0.3) is 10.8 Å². The average molecular weight is 448 g/mol. The molecule has 3 N–H and O–H groups in total. The van der Waals surface area contributed by atoms with Gasteiger partial charge in [0.2, 0.25) is 5.79 Å². The van der Waals surface area contributed by atoms with Gasteiger partial charge in [-0.25, -0.2) is 0 Å². The number of carboxylic acid groups (broad SMARTS) is 1. The minimum atomic E-state index is -1.85. The molecule has 9 nitrogen and oxygen atoms in total. The summed E-state index contributed by atoms with van der Waals surface area (Å²) < 4.78 is 29.6. The maximum absolute atomic E-state index is 11.5. The van der Waals surface area contributed by atoms with Gasteiger partial charge in [0.25, 0.3) is 0 Å². The van der Waals surface area contributed by atoms with Crippen molar-refractivity contribution in [3.8, 4) is 17.2 Å². The quantitative estimate of drug-likeness (QED) is 0.630. The largest absolute Gasteiger partial charge is 0.496 e. The molecule has 174 valence electrons. The second-order valence-corrected chi connectivity index (χ2v) is 8.19. The smallest absolute Gasteiger partial charge is 0.305 e. The maximum atomic E-state index is 11.5. The van der Waals surface area contributed by atoms with Gasteiger partial charge in [0, 0.05) is 23.8 Å². The van der Waals surface area contributed by atoms with Crippen molar-refractivity contribution in [2.24, 2.45) is 0 Å². The summed E-state index contributed by atoms with van der Waals surface area (Å²) in [4.78, 5) is 11.5. The van der Waals surface area contributed by atoms with Gasteiger partial charge >= 0.3 is 5.97 Å². The van der Waals surface area contributed by atoms with Crippen molar-refractivity contribution in [3.05, 3.63) is 29.3 Å². The molecule has 9 heteroatoms. The summed E-state index contributed by atoms with van der Waals surface area (Å²) in [5, 5.41) is 32.5. The summed E-state index contributed by atoms with van der Waals surface area (Å²) in [5.41, 5.74) is 0.969. The lowest BCUT2D eigenvalue weighted by atomic mass is 9.80. The zero-order chi connectivity index (χ0) is 23.2. The Kier molecular flexibility index (Phi) is 5.93. The first-order valence-electron chi connectivity index (χ1n) is 10.4. The fourth-order valence-corrected chi connectivity index (χ4v) is 4.99. The molecule has 2 heterocycles. The van der Waals surface area contributed by atoms with Crippen molar-refractivity contribution in [3.63, 3.8) is 0 Å². The van der Waals surface area contributed by atoms with Crippen LogP contribution in [0.5, 0.6) is 17.2 Å². The number of hydrogen-bond donors (Lipinski definition) is 3. The summed E-state index contributed by atoms with van der Waals surface area (Å²) in [6.07, 6.45) is -3.87. The number of rotatable bonds is 5. The summed E-state index contributed by atoms with van der Waals surface area (Å²) in [6.45, 7) is 1.76. The number of aliphatic hydroxyl groups is 2. The zero-order valence-corrected chi connectivity index (χ0v) is 18.5. The maximum Gasteiger partial charge on any atom is 0.305 e. The molecule has 1 fully saturated rings. The van der Waals surface area contributed by atoms with Crippen LogP contribution >= 0.6 is 0 Å². The monoisotopic (exact) mass is 448 g/mol. The van der Waals surface area contributed by atoms with E-state index in [1.54, 1.807) is 13.0 Å². The molecular weight excluding hydrogens is 420 g/mol. The Balaban J connectivity index is 2.12. The number of aliphatic carboxylic acids is 1. The molecular formula is C23H28O9. The van der Waals surface area contributed by atoms with Crippen molar-refractivity contribution in [2.45, 2.75) is 56.4 Å². The first-order valence-corrected chi connectivity index (χ1v) is 10.4. The molecule has 2 aliphatic heterocycles. The van der Waals surface area contributed by atoms with Crippen LogP contribution in [0.3, 0.4) is 0 Å². The standard InChI is InChI=1S/C23H28O9/c1-11-8-15(24)22(27)23(31-11)19-14(9-12(32-23)10-17(25)26)20(29-3)13-6-5-7-16(28-2)18(13)21(19)30-4/h5-7,11-12,15,22,24,27H,8-10H2,1-4H3,(H,25,26)/t11-,12+,15-,22-,23-/m1/s1. The zero-order valence-electron chi connectivity index (χ0n) is 18.5. The number of fused-ring (bicyclic) bond motifs is 3. The van der Waals surface area contributed by atoms with Gasteiger partial charge in [-0.1, -0.05) is 12.1 Å². The number of carboxylic acids is 1. The molecule has 0 radical (unpaired) electrons. The first-order chi connectivity index (χ1) is 15.3. The Morgan fingerprint density at radius 1 is 1.12 bits per heavy atom. The van der Waals surface area contributed by atoms with Crippen LogP contribution in [-0.4, -0.2) is 67.0 Å². The van der Waals surface area contributed by atoms with Gasteiger partial charge in [-0.3, -0.25) is 4.79 Å². The van der Waals surface area contributed by atoms with Gasteiger partial charge in [-0.05, 0) is 13.0 Å². The van der Waals surface area contributed by atoms with E-state index in [1.807, 2.05) is 12.1 Å². The molecule has 1 saturated heterocycles. The number of aliphatic hydroxyl groups excluding tert-OH is 2. The van der Waals surface area contributed by atoms with E-state index < -0.39 is 36.2 Å². The second-order valence-electron chi connectivity index (χ2n) is 8.19. The van der Waals surface area contributed by atoms with Gasteiger partial charge in [0.05, 0.1) is 57.0 Å². The SMILES string of the molecule is COc1c2c(c(OC)c3c(OC)cccc13)[C@]1(O[C@H](CC(=O)O)C2)O[C@H](C)C[C@@H](O)[C@H]1O. The number of methoxy groups -OCH3 is 3. The fourth-order valence-electron chi connectivity index (χ4n) is 4.99. The van der Waals surface area contributed by atoms with E-state index in [0.717, 1.165) is 0 Å². The van der Waals surface area contributed by atoms with Gasteiger partial charge in [-0.2, -0.15) is 0 Å². The number of benzene rings is 2. The minimum Gasteiger partial charge on any atom is -0.496 e. The van der Waals surface area contributed by atoms with E-state index in [2.05, 4.69) is 0 Å². The third-order valence-electron chi connectivity index (χ3n) is 6.16. The number of carbonyl (C=O) groups is 1. The van der Waals surface area contributed by atoms with Crippen LogP contribution in [-0.2, 0) is 26.5 Å². The number of hydrogen-bond acceptors (Lipinski definition) is 8. The molecule has 0 bridgehead atoms. The molecule has 32 heavy (non-hydrogen) atoms. The lowest BCUT2D eigenvalue weighted by Gasteiger charge is -2.50. The van der Waals surface area contributed by atoms with Gasteiger partial charge < -0.3 is 39.0 Å². The minimum absolute atomic E-state index is 0.191. The molecule has 1 spiro atoms. The normalized spacial score (nSPS) is 29.6. The highest BCUT2D eigenvalue weighted by Crippen LogP contribution is 2.55. The fraction of sp³-hybridized carbons (Fsp3) is 0.522. The van der Waals surface area contributed by atoms with Crippen LogP contribution < -0.4 is 14.2 Å². The van der Waals surface area contributed by atoms with Crippen LogP contribution in [0, 0.1) is 0 Å². The van der Waals surface area contributed by atoms with E-state index in [9.17, 15) is 20.1 Å². The third kappa shape index (κ3) is 3.36. The highest BCUT2D eigenvalue weighted by molar-refractivity contribution is 6.00. The van der Waals surface area contributed by atoms with Crippen molar-refractivity contribution in [2.75, 3.05) is 21.3 Å². The third-order valence-corrected chi connectivity index (χ3v) is 6.16. The summed E-state index contributed by atoms with van der Waals surface area (Å²) in [5.74, 6) is -1.56. The Morgan fingerprint density at radius 2 is 1.84 bits per heavy atom. The van der Waals surface area contributed by atoms with Crippen LogP contribution in [0.2, 0.25) is 0 Å². The Morgan fingerprint density at radius 3 is 2.47 bits per heavy atom. The molecule has 2 aliphatic rings. The van der Waals surface area contributed by atoms with E-state index in [0.29, 0.717) is 39.1 Å². The molecule has 2 aromatic carbocycles. The van der Waals surface area contributed by atoms with E-state index in [-0.39, 0.29) is 19.3 Å². The van der Waals surface area contributed by atoms with Crippen LogP contribution in [0.4, 0.5) is 0 Å². The van der Waals surface area contributed by atoms with Gasteiger partial charge in [0.1, 0.15) is 23.4 Å². The van der Waals surface area contributed by atoms with Crippen LogP contribution in [0.1, 0.15) is 30.9 Å². The van der Waals surface area contributed by atoms with Crippen molar-refractivity contribution in [1.82, 2.24) is 0 Å². The summed E-state index contributed by atoms with van der Waals surface area (Å²) >= 11 is 0. The highest BCUT2D eigenvalue weighted by atomic mass is 16.7. The average Bonchev–Trinajstić information content (AvgIpc) is 2.74. The predicted octanol–water partition coefficient (Wildman–Crippen LogP) is 1.97. The number of ether oxygens (including phenoxy) is 5. The molecule has 0 amide bonds. The Hall–Kier alpha value is -2.59. The van der Waals surface area contributed by atoms with E-state index in [4.69, 9.17) is 23.7 Å². The Bertz CT molecular complexity index is 1040.